The molecule has 0 amide bonds. The third-order valence-corrected chi connectivity index (χ3v) is 6.95. The highest BCUT2D eigenvalue weighted by Crippen LogP contribution is 2.41. The molecule has 5 aromatic rings. The van der Waals surface area contributed by atoms with Gasteiger partial charge in [0.15, 0.2) is 5.78 Å². The Hall–Kier alpha value is -4.37. The number of hydrogen-bond donors (Lipinski definition) is 0. The first-order valence-electron chi connectivity index (χ1n) is 11.9. The summed E-state index contributed by atoms with van der Waals surface area (Å²) in [4.78, 5) is 13.1. The Morgan fingerprint density at radius 2 is 1.08 bits per heavy atom. The zero-order valence-electron chi connectivity index (χ0n) is 19.4. The maximum Gasteiger partial charge on any atom is 0.193 e. The molecular formula is C33H22F2O. The van der Waals surface area contributed by atoms with Gasteiger partial charge < -0.3 is 0 Å². The Kier molecular flexibility index (Phi) is 5.54. The van der Waals surface area contributed by atoms with Gasteiger partial charge in [-0.1, -0.05) is 78.9 Å². The van der Waals surface area contributed by atoms with Gasteiger partial charge in [-0.3, -0.25) is 4.79 Å². The molecule has 0 spiro atoms. The lowest BCUT2D eigenvalue weighted by molar-refractivity contribution is 0.103. The van der Waals surface area contributed by atoms with E-state index in [4.69, 9.17) is 0 Å². The quantitative estimate of drug-likeness (QED) is 0.184. The molecule has 0 aromatic heterocycles. The lowest BCUT2D eigenvalue weighted by atomic mass is 9.83. The molecular weight excluding hydrogens is 450 g/mol. The van der Waals surface area contributed by atoms with Crippen molar-refractivity contribution in [3.05, 3.63) is 166 Å². The average Bonchev–Trinajstić information content (AvgIpc) is 3.28. The summed E-state index contributed by atoms with van der Waals surface area (Å²) in [5.74, 6) is -0.779. The van der Waals surface area contributed by atoms with E-state index in [1.165, 1.54) is 35.4 Å². The highest BCUT2D eigenvalue weighted by Gasteiger charge is 2.24. The maximum absolute atomic E-state index is 13.7. The number of carbonyl (C=O) groups excluding carboxylic acids is 1. The predicted molar refractivity (Wildman–Crippen MR) is 138 cm³/mol. The molecule has 0 unspecified atom stereocenters. The molecule has 0 heterocycles. The van der Waals surface area contributed by atoms with Crippen LogP contribution in [0.15, 0.2) is 115 Å². The summed E-state index contributed by atoms with van der Waals surface area (Å²) in [6, 6.07) is 34.6. The minimum absolute atomic E-state index is 0.00138. The van der Waals surface area contributed by atoms with Gasteiger partial charge in [-0.05, 0) is 81.8 Å². The third kappa shape index (κ3) is 4.03. The van der Waals surface area contributed by atoms with Crippen molar-refractivity contribution in [1.82, 2.24) is 0 Å². The van der Waals surface area contributed by atoms with Crippen LogP contribution in [0.3, 0.4) is 0 Å². The van der Waals surface area contributed by atoms with Crippen molar-refractivity contribution in [3.8, 4) is 11.1 Å². The molecule has 36 heavy (non-hydrogen) atoms. The van der Waals surface area contributed by atoms with E-state index in [-0.39, 0.29) is 23.3 Å². The third-order valence-electron chi connectivity index (χ3n) is 6.95. The van der Waals surface area contributed by atoms with Gasteiger partial charge in [0, 0.05) is 17.0 Å². The molecule has 5 aromatic carbocycles. The van der Waals surface area contributed by atoms with Crippen molar-refractivity contribution in [1.29, 1.82) is 0 Å². The van der Waals surface area contributed by atoms with Gasteiger partial charge in [-0.25, -0.2) is 8.78 Å². The molecule has 174 valence electrons. The Morgan fingerprint density at radius 1 is 0.556 bits per heavy atom. The van der Waals surface area contributed by atoms with Crippen LogP contribution in [0.5, 0.6) is 0 Å². The number of carbonyl (C=O) groups is 1. The molecule has 0 bridgehead atoms. The lowest BCUT2D eigenvalue weighted by Gasteiger charge is -2.20. The summed E-state index contributed by atoms with van der Waals surface area (Å²) in [6.07, 6.45) is 0.808. The van der Waals surface area contributed by atoms with Crippen LogP contribution in [0.2, 0.25) is 0 Å². The SMILES string of the molecule is O=C(c1ccccc1)c1ccc2c(c1)-c1cc(C(c3ccc(F)cc3)c3ccc(F)cc3)ccc1C2. The zero-order chi connectivity index (χ0) is 24.6. The second-order valence-corrected chi connectivity index (χ2v) is 9.20. The van der Waals surface area contributed by atoms with Crippen molar-refractivity contribution in [2.75, 3.05) is 0 Å². The molecule has 0 radical (unpaired) electrons. The number of rotatable bonds is 5. The van der Waals surface area contributed by atoms with Crippen LogP contribution in [-0.2, 0) is 6.42 Å². The van der Waals surface area contributed by atoms with Gasteiger partial charge >= 0.3 is 0 Å². The molecule has 3 heteroatoms. The van der Waals surface area contributed by atoms with E-state index in [9.17, 15) is 13.6 Å². The van der Waals surface area contributed by atoms with E-state index in [1.807, 2.05) is 48.5 Å². The normalized spacial score (nSPS) is 11.9. The Balaban J connectivity index is 1.44. The van der Waals surface area contributed by atoms with Gasteiger partial charge in [0.25, 0.3) is 0 Å². The fourth-order valence-electron chi connectivity index (χ4n) is 5.15. The minimum Gasteiger partial charge on any atom is -0.289 e. The van der Waals surface area contributed by atoms with Crippen LogP contribution in [0.4, 0.5) is 8.78 Å². The highest BCUT2D eigenvalue weighted by atomic mass is 19.1. The molecule has 0 aliphatic heterocycles. The van der Waals surface area contributed by atoms with Crippen LogP contribution in [0, 0.1) is 11.6 Å². The smallest absolute Gasteiger partial charge is 0.193 e. The Bertz CT molecular complexity index is 1520. The van der Waals surface area contributed by atoms with Gasteiger partial charge in [0.2, 0.25) is 0 Å². The van der Waals surface area contributed by atoms with Gasteiger partial charge in [0.1, 0.15) is 11.6 Å². The van der Waals surface area contributed by atoms with Crippen molar-refractivity contribution in [2.45, 2.75) is 12.3 Å². The van der Waals surface area contributed by atoms with Crippen LogP contribution >= 0.6 is 0 Å². The highest BCUT2D eigenvalue weighted by molar-refractivity contribution is 6.09. The second-order valence-electron chi connectivity index (χ2n) is 9.20. The topological polar surface area (TPSA) is 17.1 Å². The summed E-state index contributed by atoms with van der Waals surface area (Å²) in [7, 11) is 0. The average molecular weight is 473 g/mol. The van der Waals surface area contributed by atoms with E-state index in [2.05, 4.69) is 18.2 Å². The second kappa shape index (κ2) is 9.01. The fraction of sp³-hybridized carbons (Fsp3) is 0.0606. The van der Waals surface area contributed by atoms with Crippen molar-refractivity contribution in [3.63, 3.8) is 0 Å². The zero-order valence-corrected chi connectivity index (χ0v) is 19.4. The summed E-state index contributed by atoms with van der Waals surface area (Å²) < 4.78 is 27.4. The lowest BCUT2D eigenvalue weighted by Crippen LogP contribution is -2.04. The Labute approximate surface area is 208 Å². The minimum atomic E-state index is -0.296. The van der Waals surface area contributed by atoms with E-state index in [0.717, 1.165) is 34.2 Å². The summed E-state index contributed by atoms with van der Waals surface area (Å²) in [5.41, 5.74) is 8.75. The van der Waals surface area contributed by atoms with Crippen LogP contribution in [0.1, 0.15) is 49.7 Å². The van der Waals surface area contributed by atoms with Crippen LogP contribution < -0.4 is 0 Å². The molecule has 0 saturated carbocycles. The number of benzene rings is 5. The molecule has 6 rings (SSSR count). The molecule has 1 nitrogen and oxygen atoms in total. The number of hydrogen-bond acceptors (Lipinski definition) is 1. The Morgan fingerprint density at radius 3 is 1.69 bits per heavy atom. The number of fused-ring (bicyclic) bond motifs is 3. The monoisotopic (exact) mass is 472 g/mol. The van der Waals surface area contributed by atoms with Crippen molar-refractivity contribution in [2.24, 2.45) is 0 Å². The molecule has 0 saturated heterocycles. The van der Waals surface area contributed by atoms with Gasteiger partial charge in [0.05, 0.1) is 0 Å². The first-order valence-corrected chi connectivity index (χ1v) is 11.9. The van der Waals surface area contributed by atoms with E-state index in [1.54, 1.807) is 24.3 Å². The first-order chi connectivity index (χ1) is 17.6. The molecule has 1 aliphatic rings. The van der Waals surface area contributed by atoms with Crippen molar-refractivity contribution >= 4 is 5.78 Å². The summed E-state index contributed by atoms with van der Waals surface area (Å²) in [5, 5.41) is 0. The van der Waals surface area contributed by atoms with Crippen molar-refractivity contribution < 1.29 is 13.6 Å². The number of halogens is 2. The van der Waals surface area contributed by atoms with Crippen LogP contribution in [-0.4, -0.2) is 5.78 Å². The largest absolute Gasteiger partial charge is 0.289 e. The van der Waals surface area contributed by atoms with E-state index < -0.39 is 0 Å². The molecule has 1 aliphatic carbocycles. The molecule has 0 atom stereocenters. The summed E-state index contributed by atoms with van der Waals surface area (Å²) >= 11 is 0. The molecule has 0 fully saturated rings. The first kappa shape index (κ1) is 22.1. The maximum atomic E-state index is 13.7. The fourth-order valence-corrected chi connectivity index (χ4v) is 5.15. The summed E-state index contributed by atoms with van der Waals surface area (Å²) in [6.45, 7) is 0. The van der Waals surface area contributed by atoms with Gasteiger partial charge in [-0.15, -0.1) is 0 Å². The van der Waals surface area contributed by atoms with E-state index in [0.29, 0.717) is 11.1 Å². The van der Waals surface area contributed by atoms with Crippen LogP contribution in [0.25, 0.3) is 11.1 Å². The standard InChI is InChI=1S/C33H22F2O/c34-28-14-10-21(11-15-28)32(22-12-16-29(35)17-13-22)26-8-6-24-18-25-7-9-27(20-31(25)30(24)19-26)33(36)23-4-2-1-3-5-23/h1-17,19-20,32H,18H2. The van der Waals surface area contributed by atoms with Gasteiger partial charge in [-0.2, -0.15) is 0 Å². The predicted octanol–water partition coefficient (Wildman–Crippen LogP) is 7.95. The molecule has 0 N–H and O–H groups in total. The number of ketones is 1. The van der Waals surface area contributed by atoms with E-state index >= 15 is 0 Å².